The van der Waals surface area contributed by atoms with E-state index in [9.17, 15) is 13.6 Å². The van der Waals surface area contributed by atoms with Gasteiger partial charge in [0.2, 0.25) is 0 Å². The van der Waals surface area contributed by atoms with E-state index in [4.69, 9.17) is 17.0 Å². The van der Waals surface area contributed by atoms with Crippen LogP contribution in [0.3, 0.4) is 0 Å². The number of nitrogens with zero attached hydrogens (tertiary/aromatic N) is 2. The van der Waals surface area contributed by atoms with Crippen molar-refractivity contribution in [3.63, 3.8) is 0 Å². The number of carbonyl (C=O) groups is 1. The molecule has 1 atom stereocenters. The Morgan fingerprint density at radius 3 is 2.54 bits per heavy atom. The Balaban J connectivity index is 1.52. The summed E-state index contributed by atoms with van der Waals surface area (Å²) in [5, 5.41) is 3.16. The highest BCUT2D eigenvalue weighted by Gasteiger charge is 2.30. The first-order valence-electron chi connectivity index (χ1n) is 7.96. The maximum Gasteiger partial charge on any atom is 0.251 e. The Morgan fingerprint density at radius 1 is 1.21 bits per heavy atom. The van der Waals surface area contributed by atoms with Gasteiger partial charge in [-0.25, -0.2) is 8.78 Å². The number of anilines is 1. The van der Waals surface area contributed by atoms with Crippen molar-refractivity contribution in [1.82, 2.24) is 9.80 Å². The molecule has 2 saturated heterocycles. The molecule has 2 heterocycles. The number of benzene rings is 1. The van der Waals surface area contributed by atoms with Crippen LogP contribution in [-0.2, 0) is 9.53 Å². The van der Waals surface area contributed by atoms with E-state index in [1.54, 1.807) is 4.90 Å². The minimum Gasteiger partial charge on any atom is -0.368 e. The fraction of sp³-hybridized carbons (Fsp3) is 0.500. The third-order valence-electron chi connectivity index (χ3n) is 4.26. The first kappa shape index (κ1) is 17.0. The first-order chi connectivity index (χ1) is 11.5. The summed E-state index contributed by atoms with van der Waals surface area (Å²) in [5.41, 5.74) is 0.138. The third-order valence-corrected chi connectivity index (χ3v) is 4.62. The Bertz CT molecular complexity index is 630. The lowest BCUT2D eigenvalue weighted by atomic mass is 10.2. The molecule has 5 nitrogen and oxygen atoms in total. The molecule has 8 heteroatoms. The summed E-state index contributed by atoms with van der Waals surface area (Å²) in [6, 6.07) is 3.30. The number of carbonyl (C=O) groups excluding carboxylic acids is 1. The molecule has 1 aromatic rings. The van der Waals surface area contributed by atoms with Crippen molar-refractivity contribution >= 4 is 28.9 Å². The van der Waals surface area contributed by atoms with Gasteiger partial charge >= 0.3 is 0 Å². The van der Waals surface area contributed by atoms with Crippen LogP contribution < -0.4 is 5.32 Å². The summed E-state index contributed by atoms with van der Waals surface area (Å²) in [5.74, 6) is -1.29. The molecular weight excluding hydrogens is 336 g/mol. The van der Waals surface area contributed by atoms with E-state index in [-0.39, 0.29) is 17.7 Å². The summed E-state index contributed by atoms with van der Waals surface area (Å²) in [6.07, 6.45) is 1.39. The number of hydrogen-bond donors (Lipinski definition) is 1. The Kier molecular flexibility index (Phi) is 5.25. The summed E-state index contributed by atoms with van der Waals surface area (Å²) in [6.45, 7) is 2.87. The minimum absolute atomic E-state index is 0.0376. The topological polar surface area (TPSA) is 44.8 Å². The van der Waals surface area contributed by atoms with Crippen LogP contribution in [0.15, 0.2) is 18.2 Å². The normalized spacial score (nSPS) is 21.0. The van der Waals surface area contributed by atoms with Crippen LogP contribution in [0, 0.1) is 11.6 Å². The quantitative estimate of drug-likeness (QED) is 0.822. The lowest BCUT2D eigenvalue weighted by molar-refractivity contribution is -0.142. The average molecular weight is 355 g/mol. The fourth-order valence-electron chi connectivity index (χ4n) is 2.89. The second-order valence-electron chi connectivity index (χ2n) is 5.87. The van der Waals surface area contributed by atoms with Gasteiger partial charge in [0.1, 0.15) is 17.7 Å². The second kappa shape index (κ2) is 7.40. The van der Waals surface area contributed by atoms with Crippen molar-refractivity contribution in [2.24, 2.45) is 0 Å². The summed E-state index contributed by atoms with van der Waals surface area (Å²) in [7, 11) is 0. The van der Waals surface area contributed by atoms with Crippen molar-refractivity contribution < 1.29 is 18.3 Å². The molecular formula is C16H19F2N3O2S. The largest absolute Gasteiger partial charge is 0.368 e. The van der Waals surface area contributed by atoms with Gasteiger partial charge in [-0.05, 0) is 37.2 Å². The standard InChI is InChI=1S/C16H19F2N3O2S/c17-11-3-4-13(12(18)10-11)19-16(24)21-7-5-20(6-8-21)15(22)14-2-1-9-23-14/h3-4,10,14H,1-2,5-9H2,(H,19,24)/t14-/m1/s1. The van der Waals surface area contributed by atoms with Crippen LogP contribution in [0.1, 0.15) is 12.8 Å². The number of halogens is 2. The van der Waals surface area contributed by atoms with Gasteiger partial charge in [-0.2, -0.15) is 0 Å². The molecule has 0 unspecified atom stereocenters. The van der Waals surface area contributed by atoms with Gasteiger partial charge in [-0.1, -0.05) is 0 Å². The van der Waals surface area contributed by atoms with Gasteiger partial charge in [0, 0.05) is 38.9 Å². The van der Waals surface area contributed by atoms with E-state index >= 15 is 0 Å². The van der Waals surface area contributed by atoms with Crippen molar-refractivity contribution in [1.29, 1.82) is 0 Å². The third kappa shape index (κ3) is 3.81. The SMILES string of the molecule is O=C([C@H]1CCCO1)N1CCN(C(=S)Nc2ccc(F)cc2F)CC1. The predicted molar refractivity (Wildman–Crippen MR) is 89.7 cm³/mol. The molecule has 24 heavy (non-hydrogen) atoms. The second-order valence-corrected chi connectivity index (χ2v) is 6.26. The number of thiocarbonyl (C=S) groups is 1. The van der Waals surface area contributed by atoms with Crippen molar-refractivity contribution in [2.45, 2.75) is 18.9 Å². The fourth-order valence-corrected chi connectivity index (χ4v) is 3.18. The van der Waals surface area contributed by atoms with Gasteiger partial charge in [-0.15, -0.1) is 0 Å². The minimum atomic E-state index is -0.690. The lowest BCUT2D eigenvalue weighted by Crippen LogP contribution is -2.53. The number of amides is 1. The Morgan fingerprint density at radius 2 is 1.92 bits per heavy atom. The molecule has 130 valence electrons. The molecule has 1 amide bonds. The highest BCUT2D eigenvalue weighted by atomic mass is 32.1. The van der Waals surface area contributed by atoms with Crippen molar-refractivity contribution in [3.05, 3.63) is 29.8 Å². The first-order valence-corrected chi connectivity index (χ1v) is 8.37. The molecule has 1 aromatic carbocycles. The number of ether oxygens (including phenoxy) is 1. The molecule has 1 N–H and O–H groups in total. The van der Waals surface area contributed by atoms with Gasteiger partial charge in [0.05, 0.1) is 5.69 Å². The zero-order chi connectivity index (χ0) is 17.1. The molecule has 0 bridgehead atoms. The molecule has 2 aliphatic heterocycles. The summed E-state index contributed by atoms with van der Waals surface area (Å²) in [4.78, 5) is 16.0. The molecule has 0 saturated carbocycles. The zero-order valence-corrected chi connectivity index (χ0v) is 14.0. The summed E-state index contributed by atoms with van der Waals surface area (Å²) < 4.78 is 32.0. The van der Waals surface area contributed by atoms with Crippen LogP contribution in [0.4, 0.5) is 14.5 Å². The lowest BCUT2D eigenvalue weighted by Gasteiger charge is -2.37. The molecule has 0 spiro atoms. The van der Waals surface area contributed by atoms with E-state index in [0.717, 1.165) is 18.9 Å². The predicted octanol–water partition coefficient (Wildman–Crippen LogP) is 1.98. The molecule has 0 aromatic heterocycles. The number of rotatable bonds is 2. The van der Waals surface area contributed by atoms with Crippen LogP contribution in [0.5, 0.6) is 0 Å². The van der Waals surface area contributed by atoms with Gasteiger partial charge < -0.3 is 19.9 Å². The highest BCUT2D eigenvalue weighted by molar-refractivity contribution is 7.80. The Labute approximate surface area is 144 Å². The van der Waals surface area contributed by atoms with E-state index in [2.05, 4.69) is 5.32 Å². The highest BCUT2D eigenvalue weighted by Crippen LogP contribution is 2.18. The molecule has 0 radical (unpaired) electrons. The maximum absolute atomic E-state index is 13.7. The summed E-state index contributed by atoms with van der Waals surface area (Å²) >= 11 is 5.29. The van der Waals surface area contributed by atoms with E-state index in [0.29, 0.717) is 37.9 Å². The van der Waals surface area contributed by atoms with Crippen LogP contribution in [-0.4, -0.2) is 59.7 Å². The van der Waals surface area contributed by atoms with Crippen LogP contribution in [0.25, 0.3) is 0 Å². The Hall–Kier alpha value is -1.80. The van der Waals surface area contributed by atoms with E-state index in [1.165, 1.54) is 12.1 Å². The molecule has 2 aliphatic rings. The van der Waals surface area contributed by atoms with Crippen LogP contribution in [0.2, 0.25) is 0 Å². The van der Waals surface area contributed by atoms with E-state index in [1.807, 2.05) is 4.90 Å². The van der Waals surface area contributed by atoms with Gasteiger partial charge in [0.15, 0.2) is 5.11 Å². The van der Waals surface area contributed by atoms with E-state index < -0.39 is 11.6 Å². The zero-order valence-electron chi connectivity index (χ0n) is 13.1. The van der Waals surface area contributed by atoms with Crippen molar-refractivity contribution in [3.8, 4) is 0 Å². The average Bonchev–Trinajstić information content (AvgIpc) is 3.11. The van der Waals surface area contributed by atoms with Gasteiger partial charge in [0.25, 0.3) is 5.91 Å². The monoisotopic (exact) mass is 355 g/mol. The number of piperazine rings is 1. The molecule has 3 rings (SSSR count). The molecule has 2 fully saturated rings. The van der Waals surface area contributed by atoms with Gasteiger partial charge in [-0.3, -0.25) is 4.79 Å². The number of hydrogen-bond acceptors (Lipinski definition) is 3. The maximum atomic E-state index is 13.7. The van der Waals surface area contributed by atoms with Crippen molar-refractivity contribution in [2.75, 3.05) is 38.1 Å². The number of nitrogens with one attached hydrogen (secondary N) is 1. The molecule has 0 aliphatic carbocycles. The smallest absolute Gasteiger partial charge is 0.251 e. The van der Waals surface area contributed by atoms with Crippen LogP contribution >= 0.6 is 12.2 Å².